The Bertz CT molecular complexity index is 1520. The van der Waals surface area contributed by atoms with Gasteiger partial charge in [-0.05, 0) is 39.2 Å². The van der Waals surface area contributed by atoms with Crippen LogP contribution in [0.2, 0.25) is 0 Å². The van der Waals surface area contributed by atoms with Crippen LogP contribution >= 0.6 is 22.7 Å². The molecule has 0 bridgehead atoms. The Kier molecular flexibility index (Phi) is 13.5. The van der Waals surface area contributed by atoms with Crippen LogP contribution < -0.4 is 10.6 Å². The second-order valence-corrected chi connectivity index (χ2v) is 15.5. The Morgan fingerprint density at radius 3 is 2.42 bits per heavy atom. The van der Waals surface area contributed by atoms with Crippen LogP contribution in [0, 0.1) is 18.8 Å². The number of methoxy groups -OCH3 is 1. The molecule has 16 heteroatoms. The van der Waals surface area contributed by atoms with E-state index in [1.165, 1.54) is 36.7 Å². The van der Waals surface area contributed by atoms with Gasteiger partial charge in [-0.15, -0.1) is 22.7 Å². The van der Waals surface area contributed by atoms with Gasteiger partial charge >= 0.3 is 11.9 Å². The van der Waals surface area contributed by atoms with Crippen molar-refractivity contribution in [3.8, 4) is 0 Å². The van der Waals surface area contributed by atoms with Crippen LogP contribution in [0.25, 0.3) is 0 Å². The number of nitrogens with zero attached hydrogens (tertiary/aromatic N) is 4. The number of carbonyl (C=O) groups excluding carboxylic acids is 5. The summed E-state index contributed by atoms with van der Waals surface area (Å²) in [7, 11) is 4.91. The van der Waals surface area contributed by atoms with Crippen molar-refractivity contribution >= 4 is 52.3 Å². The van der Waals surface area contributed by atoms with E-state index in [4.69, 9.17) is 14.2 Å². The second-order valence-electron chi connectivity index (χ2n) is 13.7. The molecule has 1 aliphatic heterocycles. The Morgan fingerprint density at radius 2 is 1.84 bits per heavy atom. The third-order valence-corrected chi connectivity index (χ3v) is 11.2. The van der Waals surface area contributed by atoms with Crippen molar-refractivity contribution in [2.24, 2.45) is 11.8 Å². The van der Waals surface area contributed by atoms with E-state index in [9.17, 15) is 24.0 Å². The fourth-order valence-electron chi connectivity index (χ4n) is 6.21. The molecule has 14 nitrogen and oxygen atoms in total. The van der Waals surface area contributed by atoms with Gasteiger partial charge in [-0.25, -0.2) is 9.97 Å². The van der Waals surface area contributed by atoms with E-state index in [0.29, 0.717) is 43.8 Å². The summed E-state index contributed by atoms with van der Waals surface area (Å²) in [6.45, 7) is 10.4. The zero-order chi connectivity index (χ0) is 36.7. The molecule has 3 amide bonds. The van der Waals surface area contributed by atoms with E-state index in [0.717, 1.165) is 10.7 Å². The zero-order valence-corrected chi connectivity index (χ0v) is 31.8. The minimum absolute atomic E-state index is 0.0406. The predicted octanol–water partition coefficient (Wildman–Crippen LogP) is 2.91. The molecular weight excluding hydrogens is 685 g/mol. The lowest BCUT2D eigenvalue weighted by atomic mass is 9.95. The number of thiazole rings is 2. The first-order chi connectivity index (χ1) is 23.6. The number of ether oxygens (including phenoxy) is 3. The summed E-state index contributed by atoms with van der Waals surface area (Å²) in [5, 5.41) is 10.8. The van der Waals surface area contributed by atoms with E-state index in [1.54, 1.807) is 24.3 Å². The van der Waals surface area contributed by atoms with Crippen molar-refractivity contribution in [1.82, 2.24) is 30.4 Å². The van der Waals surface area contributed by atoms with Gasteiger partial charge in [0.15, 0.2) is 6.10 Å². The minimum atomic E-state index is -0.986. The SMILES string of the molecule is COC(=O)[C@@H](C)C[C@H](Cc1nc(C)cs1)NC(=O)c1csc([C@@H](C[C@H](C(C)C)N(C)C(=O)C2(NC(=O)[C@H]3COCCN3C)CC2)OC(C)=O)n1. The van der Waals surface area contributed by atoms with Gasteiger partial charge < -0.3 is 29.7 Å². The fourth-order valence-corrected chi connectivity index (χ4v) is 7.90. The van der Waals surface area contributed by atoms with Gasteiger partial charge in [0.25, 0.3) is 5.91 Å². The van der Waals surface area contributed by atoms with E-state index in [-0.39, 0.29) is 48.5 Å². The molecule has 2 aromatic rings. The molecule has 0 aromatic carbocycles. The minimum Gasteiger partial charge on any atom is -0.469 e. The van der Waals surface area contributed by atoms with Crippen molar-refractivity contribution in [1.29, 1.82) is 0 Å². The summed E-state index contributed by atoms with van der Waals surface area (Å²) in [4.78, 5) is 77.7. The third kappa shape index (κ3) is 10.1. The number of hydrogen-bond acceptors (Lipinski definition) is 13. The van der Waals surface area contributed by atoms with Gasteiger partial charge in [0.05, 0.1) is 31.2 Å². The smallest absolute Gasteiger partial charge is 0.308 e. The Labute approximate surface area is 301 Å². The molecule has 0 unspecified atom stereocenters. The van der Waals surface area contributed by atoms with Crippen LogP contribution in [0.1, 0.15) is 85.7 Å². The number of carbonyl (C=O) groups is 5. The maximum atomic E-state index is 13.9. The van der Waals surface area contributed by atoms with E-state index in [2.05, 4.69) is 20.6 Å². The highest BCUT2D eigenvalue weighted by molar-refractivity contribution is 7.10. The van der Waals surface area contributed by atoms with Gasteiger partial charge in [0, 0.05) is 61.9 Å². The zero-order valence-electron chi connectivity index (χ0n) is 30.1. The van der Waals surface area contributed by atoms with Crippen LogP contribution in [0.4, 0.5) is 0 Å². The summed E-state index contributed by atoms with van der Waals surface area (Å²) >= 11 is 2.68. The van der Waals surface area contributed by atoms with E-state index in [1.807, 2.05) is 38.1 Å². The summed E-state index contributed by atoms with van der Waals surface area (Å²) in [5.74, 6) is -2.25. The normalized spacial score (nSPS) is 19.5. The molecule has 3 heterocycles. The van der Waals surface area contributed by atoms with E-state index >= 15 is 0 Å². The van der Waals surface area contributed by atoms with Crippen LogP contribution in [0.3, 0.4) is 0 Å². The van der Waals surface area contributed by atoms with Crippen LogP contribution in [-0.2, 0) is 39.8 Å². The standard InChI is InChI=1S/C34H50N6O8S2/c1-19(2)25(40(7)33(45)34(9-10-34)38-30(43)26-16-47-12-11-39(26)6)15-27(48-22(5)41)31-37-24(18-50-31)29(42)36-23(13-20(3)32(44)46-8)14-28-35-21(4)17-49-28/h17-20,23,25-27H,9-16H2,1-8H3,(H,36,42)(H,38,43)/t20-,23+,25+,26+,27+/m0/s1. The third-order valence-electron chi connectivity index (χ3n) is 9.27. The lowest BCUT2D eigenvalue weighted by molar-refractivity contribution is -0.149. The van der Waals surface area contributed by atoms with Crippen LogP contribution in [0.5, 0.6) is 0 Å². The molecule has 276 valence electrons. The number of esters is 2. The average molecular weight is 735 g/mol. The molecule has 50 heavy (non-hydrogen) atoms. The summed E-state index contributed by atoms with van der Waals surface area (Å²) in [5.41, 5.74) is 0.0399. The average Bonchev–Trinajstić information content (AvgIpc) is 3.45. The number of aryl methyl sites for hydroxylation is 1. The summed E-state index contributed by atoms with van der Waals surface area (Å²) in [6.07, 6.45) is 1.25. The fraction of sp³-hybridized carbons (Fsp3) is 0.676. The van der Waals surface area contributed by atoms with Gasteiger partial charge in [0.2, 0.25) is 11.8 Å². The highest BCUT2D eigenvalue weighted by atomic mass is 32.1. The van der Waals surface area contributed by atoms with Crippen LogP contribution in [-0.4, -0.2) is 114 Å². The number of amides is 3. The number of hydrogen-bond donors (Lipinski definition) is 2. The van der Waals surface area contributed by atoms with E-state index < -0.39 is 41.5 Å². The van der Waals surface area contributed by atoms with Crippen molar-refractivity contribution in [2.75, 3.05) is 41.0 Å². The van der Waals surface area contributed by atoms with Crippen molar-refractivity contribution < 1.29 is 38.2 Å². The molecule has 1 saturated heterocycles. The lowest BCUT2D eigenvalue weighted by Crippen LogP contribution is -2.59. The first-order valence-corrected chi connectivity index (χ1v) is 18.7. The summed E-state index contributed by atoms with van der Waals surface area (Å²) in [6, 6.07) is -1.26. The maximum Gasteiger partial charge on any atom is 0.308 e. The molecule has 2 aromatic heterocycles. The largest absolute Gasteiger partial charge is 0.469 e. The molecule has 1 aliphatic carbocycles. The Balaban J connectivity index is 1.47. The summed E-state index contributed by atoms with van der Waals surface area (Å²) < 4.78 is 16.1. The predicted molar refractivity (Wildman–Crippen MR) is 188 cm³/mol. The number of likely N-dealkylation sites (N-methyl/N-ethyl adjacent to an activating group) is 2. The lowest BCUT2D eigenvalue weighted by Gasteiger charge is -2.37. The molecular formula is C34H50N6O8S2. The Morgan fingerprint density at radius 1 is 1.12 bits per heavy atom. The molecule has 0 radical (unpaired) electrons. The quantitative estimate of drug-likeness (QED) is 0.243. The first-order valence-electron chi connectivity index (χ1n) is 16.9. The number of nitrogens with one attached hydrogen (secondary N) is 2. The van der Waals surface area contributed by atoms with Crippen LogP contribution in [0.15, 0.2) is 10.8 Å². The van der Waals surface area contributed by atoms with Gasteiger partial charge in [0.1, 0.15) is 22.3 Å². The monoisotopic (exact) mass is 734 g/mol. The molecule has 0 spiro atoms. The number of morpholine rings is 1. The molecule has 2 N–H and O–H groups in total. The Hall–Kier alpha value is -3.47. The first kappa shape index (κ1) is 39.3. The van der Waals surface area contributed by atoms with Gasteiger partial charge in [-0.3, -0.25) is 28.9 Å². The maximum absolute atomic E-state index is 13.9. The molecule has 1 saturated carbocycles. The van der Waals surface area contributed by atoms with Gasteiger partial charge in [-0.2, -0.15) is 0 Å². The highest BCUT2D eigenvalue weighted by Crippen LogP contribution is 2.39. The van der Waals surface area contributed by atoms with Crippen molar-refractivity contribution in [3.05, 3.63) is 32.2 Å². The molecule has 2 fully saturated rings. The van der Waals surface area contributed by atoms with Gasteiger partial charge in [-0.1, -0.05) is 20.8 Å². The number of rotatable bonds is 16. The topological polar surface area (TPSA) is 169 Å². The molecule has 5 atom stereocenters. The number of aromatic nitrogens is 2. The highest BCUT2D eigenvalue weighted by Gasteiger charge is 2.54. The second kappa shape index (κ2) is 17.2. The molecule has 2 aliphatic rings. The van der Waals surface area contributed by atoms with Crippen molar-refractivity contribution in [2.45, 2.75) is 96.5 Å². The molecule has 4 rings (SSSR count). The van der Waals surface area contributed by atoms with Crippen molar-refractivity contribution in [3.63, 3.8) is 0 Å².